The maximum atomic E-state index is 13.5. The molecule has 2 N–H and O–H groups in total. The third-order valence-corrected chi connectivity index (χ3v) is 2.86. The lowest BCUT2D eigenvalue weighted by atomic mass is 10.0. The molecule has 0 saturated carbocycles. The van der Waals surface area contributed by atoms with Gasteiger partial charge in [0, 0.05) is 30.4 Å². The topological polar surface area (TPSA) is 43.8 Å². The Morgan fingerprint density at radius 3 is 2.78 bits per heavy atom. The quantitative estimate of drug-likeness (QED) is 0.907. The maximum absolute atomic E-state index is 13.5. The van der Waals surface area contributed by atoms with Crippen LogP contribution in [0.1, 0.15) is 24.1 Å². The van der Waals surface area contributed by atoms with Crippen LogP contribution in [0.2, 0.25) is 0 Å². The summed E-state index contributed by atoms with van der Waals surface area (Å²) < 4.78 is 28.0. The van der Waals surface area contributed by atoms with Crippen molar-refractivity contribution in [1.29, 1.82) is 0 Å². The van der Waals surface area contributed by atoms with Crippen molar-refractivity contribution in [3.05, 3.63) is 53.4 Å². The number of aryl methyl sites for hydroxylation is 1. The second-order valence-electron chi connectivity index (χ2n) is 4.18. The summed E-state index contributed by atoms with van der Waals surface area (Å²) in [5.41, 5.74) is 7.25. The highest BCUT2D eigenvalue weighted by molar-refractivity contribution is 5.22. The second kappa shape index (κ2) is 5.27. The number of nitrogens with two attached hydrogens (primary N) is 1. The molecule has 96 valence electrons. The Hall–Kier alpha value is -1.75. The van der Waals surface area contributed by atoms with Gasteiger partial charge in [0.05, 0.1) is 6.20 Å². The molecule has 1 aromatic carbocycles. The molecule has 0 amide bonds. The van der Waals surface area contributed by atoms with Gasteiger partial charge in [-0.2, -0.15) is 5.10 Å². The summed E-state index contributed by atoms with van der Waals surface area (Å²) in [6.45, 7) is 2.74. The van der Waals surface area contributed by atoms with E-state index in [1.54, 1.807) is 10.9 Å². The highest BCUT2D eigenvalue weighted by Crippen LogP contribution is 2.18. The smallest absolute Gasteiger partial charge is 0.129 e. The van der Waals surface area contributed by atoms with Crippen LogP contribution in [0, 0.1) is 11.6 Å². The van der Waals surface area contributed by atoms with Crippen LogP contribution >= 0.6 is 0 Å². The van der Waals surface area contributed by atoms with Crippen LogP contribution in [0.3, 0.4) is 0 Å². The molecule has 2 rings (SSSR count). The number of halogens is 2. The number of hydrogen-bond donors (Lipinski definition) is 1. The fourth-order valence-electron chi connectivity index (χ4n) is 1.79. The van der Waals surface area contributed by atoms with Gasteiger partial charge in [-0.1, -0.05) is 6.07 Å². The van der Waals surface area contributed by atoms with Crippen LogP contribution in [0.25, 0.3) is 0 Å². The van der Waals surface area contributed by atoms with Crippen molar-refractivity contribution in [3.8, 4) is 0 Å². The van der Waals surface area contributed by atoms with Crippen molar-refractivity contribution in [2.75, 3.05) is 0 Å². The van der Waals surface area contributed by atoms with E-state index in [1.807, 2.05) is 13.1 Å². The molecular formula is C13H15F2N3. The first-order valence-corrected chi connectivity index (χ1v) is 5.82. The van der Waals surface area contributed by atoms with Gasteiger partial charge in [0.2, 0.25) is 0 Å². The molecule has 0 bridgehead atoms. The molecule has 0 aliphatic carbocycles. The second-order valence-corrected chi connectivity index (χ2v) is 4.18. The summed E-state index contributed by atoms with van der Waals surface area (Å²) in [4.78, 5) is 0. The number of benzene rings is 1. The third kappa shape index (κ3) is 2.73. The largest absolute Gasteiger partial charge is 0.324 e. The molecule has 0 spiro atoms. The van der Waals surface area contributed by atoms with Gasteiger partial charge < -0.3 is 5.73 Å². The zero-order chi connectivity index (χ0) is 13.1. The molecule has 5 heteroatoms. The van der Waals surface area contributed by atoms with Crippen LogP contribution < -0.4 is 5.73 Å². The molecule has 18 heavy (non-hydrogen) atoms. The average molecular weight is 251 g/mol. The van der Waals surface area contributed by atoms with Gasteiger partial charge in [0.15, 0.2) is 0 Å². The van der Waals surface area contributed by atoms with E-state index in [0.717, 1.165) is 18.2 Å². The lowest BCUT2D eigenvalue weighted by Crippen LogP contribution is -2.13. The lowest BCUT2D eigenvalue weighted by molar-refractivity contribution is 0.563. The summed E-state index contributed by atoms with van der Waals surface area (Å²) in [6.07, 6.45) is 3.84. The predicted molar refractivity (Wildman–Crippen MR) is 64.9 cm³/mol. The molecule has 0 saturated heterocycles. The summed E-state index contributed by atoms with van der Waals surface area (Å²) in [5.74, 6) is -1.14. The first-order chi connectivity index (χ1) is 8.60. The highest BCUT2D eigenvalue weighted by atomic mass is 19.1. The van der Waals surface area contributed by atoms with Gasteiger partial charge in [0.25, 0.3) is 0 Å². The average Bonchev–Trinajstić information content (AvgIpc) is 2.81. The molecule has 1 heterocycles. The van der Waals surface area contributed by atoms with E-state index < -0.39 is 11.6 Å². The van der Waals surface area contributed by atoms with E-state index in [9.17, 15) is 8.78 Å². The van der Waals surface area contributed by atoms with Crippen molar-refractivity contribution >= 4 is 0 Å². The van der Waals surface area contributed by atoms with E-state index in [-0.39, 0.29) is 6.04 Å². The molecule has 3 nitrogen and oxygen atoms in total. The molecule has 0 radical (unpaired) electrons. The number of nitrogens with zero attached hydrogens (tertiary/aromatic N) is 2. The van der Waals surface area contributed by atoms with Crippen molar-refractivity contribution in [1.82, 2.24) is 9.78 Å². The maximum Gasteiger partial charge on any atom is 0.129 e. The van der Waals surface area contributed by atoms with E-state index in [0.29, 0.717) is 12.0 Å². The van der Waals surface area contributed by atoms with Gasteiger partial charge in [-0.15, -0.1) is 0 Å². The van der Waals surface area contributed by atoms with E-state index in [2.05, 4.69) is 5.10 Å². The lowest BCUT2D eigenvalue weighted by Gasteiger charge is -2.10. The zero-order valence-electron chi connectivity index (χ0n) is 10.1. The Morgan fingerprint density at radius 2 is 2.17 bits per heavy atom. The van der Waals surface area contributed by atoms with E-state index >= 15 is 0 Å². The Labute approximate surface area is 104 Å². The predicted octanol–water partition coefficient (Wildman–Crippen LogP) is 2.42. The fraction of sp³-hybridized carbons (Fsp3) is 0.308. The Balaban J connectivity index is 2.13. The van der Waals surface area contributed by atoms with Crippen molar-refractivity contribution < 1.29 is 8.78 Å². The Kier molecular flexibility index (Phi) is 3.72. The van der Waals surface area contributed by atoms with E-state index in [4.69, 9.17) is 5.73 Å². The van der Waals surface area contributed by atoms with E-state index in [1.165, 1.54) is 12.1 Å². The fourth-order valence-corrected chi connectivity index (χ4v) is 1.79. The van der Waals surface area contributed by atoms with Crippen LogP contribution in [0.5, 0.6) is 0 Å². The summed E-state index contributed by atoms with van der Waals surface area (Å²) >= 11 is 0. The number of rotatable bonds is 4. The first kappa shape index (κ1) is 12.7. The highest BCUT2D eigenvalue weighted by Gasteiger charge is 2.12. The molecule has 0 aliphatic rings. The molecule has 1 unspecified atom stereocenters. The molecular weight excluding hydrogens is 236 g/mol. The van der Waals surface area contributed by atoms with Crippen LogP contribution in [0.15, 0.2) is 30.6 Å². The summed E-state index contributed by atoms with van der Waals surface area (Å²) in [7, 11) is 0. The number of hydrogen-bond acceptors (Lipinski definition) is 2. The summed E-state index contributed by atoms with van der Waals surface area (Å²) in [6, 6.07) is 3.19. The monoisotopic (exact) mass is 251 g/mol. The summed E-state index contributed by atoms with van der Waals surface area (Å²) in [5, 5.41) is 4.12. The number of aromatic nitrogens is 2. The van der Waals surface area contributed by atoms with Crippen LogP contribution in [-0.2, 0) is 13.0 Å². The Morgan fingerprint density at radius 1 is 1.39 bits per heavy atom. The van der Waals surface area contributed by atoms with Crippen molar-refractivity contribution in [2.45, 2.75) is 25.9 Å². The van der Waals surface area contributed by atoms with Gasteiger partial charge >= 0.3 is 0 Å². The zero-order valence-corrected chi connectivity index (χ0v) is 10.1. The van der Waals surface area contributed by atoms with Crippen molar-refractivity contribution in [3.63, 3.8) is 0 Å². The minimum absolute atomic E-state index is 0.321. The first-order valence-electron chi connectivity index (χ1n) is 5.82. The molecule has 0 fully saturated rings. The third-order valence-electron chi connectivity index (χ3n) is 2.86. The normalized spacial score (nSPS) is 12.7. The SMILES string of the molecule is CCn1cc(C(N)Cc2ccc(F)cc2F)cn1. The minimum atomic E-state index is -0.580. The molecule has 1 aromatic heterocycles. The van der Waals surface area contributed by atoms with Crippen LogP contribution in [-0.4, -0.2) is 9.78 Å². The molecule has 0 aliphatic heterocycles. The van der Waals surface area contributed by atoms with Gasteiger partial charge in [0.1, 0.15) is 11.6 Å². The Bertz CT molecular complexity index is 537. The minimum Gasteiger partial charge on any atom is -0.324 e. The molecule has 1 atom stereocenters. The standard InChI is InChI=1S/C13H15F2N3/c1-2-18-8-10(7-17-18)13(16)5-9-3-4-11(14)6-12(9)15/h3-4,6-8,13H,2,5,16H2,1H3. The van der Waals surface area contributed by atoms with Crippen LogP contribution in [0.4, 0.5) is 8.78 Å². The van der Waals surface area contributed by atoms with Gasteiger partial charge in [-0.3, -0.25) is 4.68 Å². The van der Waals surface area contributed by atoms with Gasteiger partial charge in [-0.05, 0) is 25.0 Å². The van der Waals surface area contributed by atoms with Gasteiger partial charge in [-0.25, -0.2) is 8.78 Å². The molecule has 2 aromatic rings. The van der Waals surface area contributed by atoms with Crippen molar-refractivity contribution in [2.24, 2.45) is 5.73 Å².